The molecule has 17 heavy (non-hydrogen) atoms. The number of phenolic OH excluding ortho intramolecular Hbond substituents is 1. The highest BCUT2D eigenvalue weighted by Gasteiger charge is 2.25. The molecule has 0 bridgehead atoms. The molecule has 0 radical (unpaired) electrons. The van der Waals surface area contributed by atoms with Crippen molar-refractivity contribution in [2.45, 2.75) is 12.3 Å². The van der Waals surface area contributed by atoms with Crippen LogP contribution in [-0.4, -0.2) is 11.7 Å². The van der Waals surface area contributed by atoms with E-state index in [0.717, 1.165) is 34.6 Å². The van der Waals surface area contributed by atoms with Crippen molar-refractivity contribution in [2.75, 3.05) is 11.9 Å². The van der Waals surface area contributed by atoms with Gasteiger partial charge >= 0.3 is 0 Å². The number of hydrogen-bond acceptors (Lipinski definition) is 3. The van der Waals surface area contributed by atoms with Crippen LogP contribution in [0.1, 0.15) is 23.7 Å². The summed E-state index contributed by atoms with van der Waals surface area (Å²) in [5, 5.41) is 13.1. The Morgan fingerprint density at radius 2 is 2.18 bits per heavy atom. The van der Waals surface area contributed by atoms with Crippen LogP contribution in [0.15, 0.2) is 39.4 Å². The number of phenols is 1. The predicted molar refractivity (Wildman–Crippen MR) is 69.5 cm³/mol. The number of rotatable bonds is 1. The molecule has 88 valence electrons. The number of para-hydroxylation sites is 1. The molecule has 0 amide bonds. The Morgan fingerprint density at radius 3 is 2.94 bits per heavy atom. The zero-order valence-electron chi connectivity index (χ0n) is 9.11. The first-order valence-corrected chi connectivity index (χ1v) is 6.36. The summed E-state index contributed by atoms with van der Waals surface area (Å²) in [7, 11) is 0. The van der Waals surface area contributed by atoms with Crippen LogP contribution in [0, 0.1) is 0 Å². The normalized spacial score (nSPS) is 18.5. The lowest BCUT2D eigenvalue weighted by Gasteiger charge is -2.25. The van der Waals surface area contributed by atoms with E-state index in [-0.39, 0.29) is 5.92 Å². The quantitative estimate of drug-likeness (QED) is 0.788. The molecule has 2 N–H and O–H groups in total. The standard InChI is InChI=1S/C13H12BrNO2/c14-12-5-4-11(17-12)8-6-7-15-13-9(8)2-1-3-10(13)16/h1-5,8,15-16H,6-7H2. The van der Waals surface area contributed by atoms with Gasteiger partial charge in [-0.15, -0.1) is 0 Å². The molecule has 2 aromatic rings. The Bertz CT molecular complexity index is 550. The summed E-state index contributed by atoms with van der Waals surface area (Å²) in [6.07, 6.45) is 0.969. The minimum atomic E-state index is 0.213. The molecule has 1 unspecified atom stereocenters. The molecule has 0 aliphatic carbocycles. The highest BCUT2D eigenvalue weighted by atomic mass is 79.9. The Kier molecular flexibility index (Phi) is 2.59. The fourth-order valence-corrected chi connectivity index (χ4v) is 2.67. The highest BCUT2D eigenvalue weighted by Crippen LogP contribution is 2.41. The average Bonchev–Trinajstić information content (AvgIpc) is 2.76. The van der Waals surface area contributed by atoms with Crippen LogP contribution in [-0.2, 0) is 0 Å². The van der Waals surface area contributed by atoms with Crippen molar-refractivity contribution in [3.8, 4) is 5.75 Å². The van der Waals surface area contributed by atoms with E-state index in [1.807, 2.05) is 24.3 Å². The monoisotopic (exact) mass is 293 g/mol. The van der Waals surface area contributed by atoms with Gasteiger partial charge in [-0.05, 0) is 46.1 Å². The largest absolute Gasteiger partial charge is 0.506 e. The summed E-state index contributed by atoms with van der Waals surface area (Å²) < 4.78 is 6.37. The summed E-state index contributed by atoms with van der Waals surface area (Å²) in [6.45, 7) is 0.841. The zero-order chi connectivity index (χ0) is 11.8. The molecular weight excluding hydrogens is 282 g/mol. The van der Waals surface area contributed by atoms with E-state index in [0.29, 0.717) is 5.75 Å². The molecule has 1 aliphatic rings. The molecule has 1 aliphatic heterocycles. The van der Waals surface area contributed by atoms with Crippen LogP contribution in [0.4, 0.5) is 5.69 Å². The van der Waals surface area contributed by atoms with E-state index in [4.69, 9.17) is 4.42 Å². The van der Waals surface area contributed by atoms with E-state index >= 15 is 0 Å². The molecule has 3 nitrogen and oxygen atoms in total. The van der Waals surface area contributed by atoms with Crippen molar-refractivity contribution < 1.29 is 9.52 Å². The van der Waals surface area contributed by atoms with Gasteiger partial charge in [0.05, 0.1) is 5.69 Å². The van der Waals surface area contributed by atoms with Crippen LogP contribution in [0.5, 0.6) is 5.75 Å². The fourth-order valence-electron chi connectivity index (χ4n) is 2.35. The molecule has 1 aromatic heterocycles. The van der Waals surface area contributed by atoms with Crippen LogP contribution >= 0.6 is 15.9 Å². The van der Waals surface area contributed by atoms with Gasteiger partial charge in [-0.25, -0.2) is 0 Å². The maximum absolute atomic E-state index is 9.82. The molecule has 0 saturated carbocycles. The zero-order valence-corrected chi connectivity index (χ0v) is 10.7. The summed E-state index contributed by atoms with van der Waals surface area (Å²) in [5.74, 6) is 1.45. The molecule has 0 saturated heterocycles. The van der Waals surface area contributed by atoms with Crippen molar-refractivity contribution in [3.05, 3.63) is 46.3 Å². The second-order valence-electron chi connectivity index (χ2n) is 4.15. The van der Waals surface area contributed by atoms with Gasteiger partial charge in [-0.1, -0.05) is 12.1 Å². The highest BCUT2D eigenvalue weighted by molar-refractivity contribution is 9.10. The minimum absolute atomic E-state index is 0.213. The third-order valence-corrected chi connectivity index (χ3v) is 3.55. The lowest BCUT2D eigenvalue weighted by atomic mass is 9.89. The first-order valence-electron chi connectivity index (χ1n) is 5.56. The second kappa shape index (κ2) is 4.11. The number of aromatic hydroxyl groups is 1. The van der Waals surface area contributed by atoms with Crippen LogP contribution in [0.2, 0.25) is 0 Å². The van der Waals surface area contributed by atoms with Gasteiger partial charge in [-0.2, -0.15) is 0 Å². The van der Waals surface area contributed by atoms with Gasteiger partial charge in [0.15, 0.2) is 4.67 Å². The number of hydrogen-bond donors (Lipinski definition) is 2. The van der Waals surface area contributed by atoms with E-state index in [1.54, 1.807) is 6.07 Å². The molecular formula is C13H12BrNO2. The van der Waals surface area contributed by atoms with Gasteiger partial charge in [0.1, 0.15) is 11.5 Å². The van der Waals surface area contributed by atoms with E-state index in [9.17, 15) is 5.11 Å². The second-order valence-corrected chi connectivity index (χ2v) is 4.93. The summed E-state index contributed by atoms with van der Waals surface area (Å²) in [4.78, 5) is 0. The van der Waals surface area contributed by atoms with Crippen molar-refractivity contribution in [1.82, 2.24) is 0 Å². The lowest BCUT2D eigenvalue weighted by molar-refractivity contribution is 0.450. The molecule has 2 heterocycles. The van der Waals surface area contributed by atoms with Crippen LogP contribution in [0.3, 0.4) is 0 Å². The Balaban J connectivity index is 2.08. The summed E-state index contributed by atoms with van der Waals surface area (Å²) >= 11 is 3.32. The molecule has 0 fully saturated rings. The average molecular weight is 294 g/mol. The molecule has 0 spiro atoms. The minimum Gasteiger partial charge on any atom is -0.506 e. The smallest absolute Gasteiger partial charge is 0.169 e. The SMILES string of the molecule is Oc1cccc2c1NCCC2c1ccc(Br)o1. The number of halogens is 1. The van der Waals surface area contributed by atoms with Gasteiger partial charge in [0.25, 0.3) is 0 Å². The molecule has 1 atom stereocenters. The fraction of sp³-hybridized carbons (Fsp3) is 0.231. The first kappa shape index (κ1) is 10.7. The van der Waals surface area contributed by atoms with Gasteiger partial charge < -0.3 is 14.8 Å². The maximum atomic E-state index is 9.82. The van der Waals surface area contributed by atoms with Crippen LogP contribution in [0.25, 0.3) is 0 Å². The van der Waals surface area contributed by atoms with Crippen molar-refractivity contribution in [3.63, 3.8) is 0 Å². The summed E-state index contributed by atoms with van der Waals surface area (Å²) in [5.41, 5.74) is 1.93. The Morgan fingerprint density at radius 1 is 1.29 bits per heavy atom. The van der Waals surface area contributed by atoms with Crippen molar-refractivity contribution >= 4 is 21.6 Å². The Hall–Kier alpha value is -1.42. The van der Waals surface area contributed by atoms with E-state index in [2.05, 4.69) is 21.2 Å². The number of anilines is 1. The van der Waals surface area contributed by atoms with Crippen molar-refractivity contribution in [2.24, 2.45) is 0 Å². The van der Waals surface area contributed by atoms with Crippen LogP contribution < -0.4 is 5.32 Å². The topological polar surface area (TPSA) is 45.4 Å². The third-order valence-electron chi connectivity index (χ3n) is 3.12. The van der Waals surface area contributed by atoms with E-state index in [1.165, 1.54) is 0 Å². The predicted octanol–water partition coefficient (Wildman–Crippen LogP) is 3.70. The van der Waals surface area contributed by atoms with Gasteiger partial charge in [0, 0.05) is 12.5 Å². The lowest BCUT2D eigenvalue weighted by Crippen LogP contribution is -2.17. The number of benzene rings is 1. The number of fused-ring (bicyclic) bond motifs is 1. The number of furan rings is 1. The maximum Gasteiger partial charge on any atom is 0.169 e. The van der Waals surface area contributed by atoms with Gasteiger partial charge in [0.2, 0.25) is 0 Å². The molecule has 3 rings (SSSR count). The first-order chi connectivity index (χ1) is 8.25. The van der Waals surface area contributed by atoms with Crippen molar-refractivity contribution in [1.29, 1.82) is 0 Å². The summed E-state index contributed by atoms with van der Waals surface area (Å²) in [6, 6.07) is 9.48. The number of nitrogens with one attached hydrogen (secondary N) is 1. The van der Waals surface area contributed by atoms with Gasteiger partial charge in [-0.3, -0.25) is 0 Å². The Labute approximate surface area is 108 Å². The molecule has 4 heteroatoms. The third kappa shape index (κ3) is 1.82. The van der Waals surface area contributed by atoms with E-state index < -0.39 is 0 Å². The molecule has 1 aromatic carbocycles.